The Labute approximate surface area is 179 Å². The molecule has 1 aliphatic rings. The van der Waals surface area contributed by atoms with Gasteiger partial charge in [-0.3, -0.25) is 4.79 Å². The van der Waals surface area contributed by atoms with Gasteiger partial charge in [0.2, 0.25) is 0 Å². The number of carbonyl (C=O) groups is 1. The van der Waals surface area contributed by atoms with E-state index in [2.05, 4.69) is 16.2 Å². The van der Waals surface area contributed by atoms with Gasteiger partial charge in [0.1, 0.15) is 5.82 Å². The van der Waals surface area contributed by atoms with Crippen molar-refractivity contribution in [3.05, 3.63) is 120 Å². The molecule has 0 fully saturated rings. The van der Waals surface area contributed by atoms with Gasteiger partial charge in [-0.15, -0.1) is 0 Å². The number of nitrogens with one attached hydrogen (secondary N) is 3. The summed E-state index contributed by atoms with van der Waals surface area (Å²) in [6.07, 6.45) is 0. The molecule has 5 rings (SSSR count). The molecule has 3 N–H and O–H groups in total. The van der Waals surface area contributed by atoms with Crippen LogP contribution in [0.1, 0.15) is 27.5 Å². The van der Waals surface area contributed by atoms with E-state index in [-0.39, 0.29) is 17.8 Å². The van der Waals surface area contributed by atoms with Crippen LogP contribution in [0.4, 0.5) is 15.8 Å². The van der Waals surface area contributed by atoms with Crippen molar-refractivity contribution in [2.24, 2.45) is 0 Å². The normalized spacial score (nSPS) is 14.5. The van der Waals surface area contributed by atoms with Crippen LogP contribution in [-0.4, -0.2) is 5.91 Å². The van der Waals surface area contributed by atoms with Gasteiger partial charge in [0.05, 0.1) is 11.7 Å². The first-order chi connectivity index (χ1) is 15.2. The van der Waals surface area contributed by atoms with Crippen molar-refractivity contribution in [2.45, 2.75) is 6.04 Å². The summed E-state index contributed by atoms with van der Waals surface area (Å²) < 4.78 is 13.3. The van der Waals surface area contributed by atoms with Crippen molar-refractivity contribution in [1.29, 1.82) is 0 Å². The summed E-state index contributed by atoms with van der Waals surface area (Å²) in [7, 11) is 0. The molecular formula is C26H20FN3O. The Kier molecular flexibility index (Phi) is 4.94. The van der Waals surface area contributed by atoms with Gasteiger partial charge < -0.3 is 10.7 Å². The lowest BCUT2D eigenvalue weighted by molar-refractivity contribution is 0.102. The van der Waals surface area contributed by atoms with Gasteiger partial charge >= 0.3 is 0 Å². The Bertz CT molecular complexity index is 1220. The van der Waals surface area contributed by atoms with Crippen LogP contribution in [0.15, 0.2) is 97.1 Å². The largest absolute Gasteiger partial charge is 0.322 e. The first kappa shape index (κ1) is 19.0. The molecular weight excluding hydrogens is 389 g/mol. The fourth-order valence-corrected chi connectivity index (χ4v) is 3.79. The number of hydrogen-bond donors (Lipinski definition) is 3. The molecule has 4 aromatic carbocycles. The Hall–Kier alpha value is -3.96. The van der Waals surface area contributed by atoms with Crippen LogP contribution >= 0.6 is 0 Å². The molecule has 1 atom stereocenters. The first-order valence-electron chi connectivity index (χ1n) is 10.1. The predicted octanol–water partition coefficient (Wildman–Crippen LogP) is 5.76. The monoisotopic (exact) mass is 409 g/mol. The zero-order chi connectivity index (χ0) is 21.2. The summed E-state index contributed by atoms with van der Waals surface area (Å²) in [5.41, 5.74) is 12.7. The fourth-order valence-electron chi connectivity index (χ4n) is 3.79. The van der Waals surface area contributed by atoms with E-state index in [9.17, 15) is 9.18 Å². The van der Waals surface area contributed by atoms with E-state index >= 15 is 0 Å². The van der Waals surface area contributed by atoms with Crippen molar-refractivity contribution < 1.29 is 9.18 Å². The maximum Gasteiger partial charge on any atom is 0.255 e. The van der Waals surface area contributed by atoms with Crippen LogP contribution in [-0.2, 0) is 0 Å². The van der Waals surface area contributed by atoms with Gasteiger partial charge in [0, 0.05) is 16.8 Å². The quantitative estimate of drug-likeness (QED) is 0.401. The molecule has 1 unspecified atom stereocenters. The Morgan fingerprint density at radius 1 is 0.806 bits per heavy atom. The SMILES string of the molecule is O=C(Nc1ccc2c(c1)C(c1ccc(F)cc1)NN2)c1ccc(-c2ccccc2)cc1. The van der Waals surface area contributed by atoms with E-state index in [1.54, 1.807) is 12.1 Å². The molecule has 0 aliphatic carbocycles. The lowest BCUT2D eigenvalue weighted by Crippen LogP contribution is -2.19. The molecule has 0 aromatic heterocycles. The number of halogens is 1. The minimum absolute atomic E-state index is 0.127. The Balaban J connectivity index is 1.34. The fraction of sp³-hybridized carbons (Fsp3) is 0.0385. The van der Waals surface area contributed by atoms with Crippen molar-refractivity contribution in [2.75, 3.05) is 10.7 Å². The second kappa shape index (κ2) is 8.05. The maximum absolute atomic E-state index is 13.3. The van der Waals surface area contributed by atoms with Crippen molar-refractivity contribution in [3.8, 4) is 11.1 Å². The average Bonchev–Trinajstić information content (AvgIpc) is 3.23. The molecule has 4 nitrogen and oxygen atoms in total. The maximum atomic E-state index is 13.3. The third kappa shape index (κ3) is 3.91. The van der Waals surface area contributed by atoms with Gasteiger partial charge in [0.25, 0.3) is 5.91 Å². The standard InChI is InChI=1S/C26H20FN3O/c27-21-12-10-19(11-13-21)25-23-16-22(14-15-24(23)29-30-25)28-26(31)20-8-6-18(7-9-20)17-4-2-1-3-5-17/h1-16,25,29-30H,(H,28,31). The summed E-state index contributed by atoms with van der Waals surface area (Å²) in [4.78, 5) is 12.8. The summed E-state index contributed by atoms with van der Waals surface area (Å²) in [6, 6.07) is 29.6. The van der Waals surface area contributed by atoms with E-state index in [1.807, 2.05) is 72.8 Å². The summed E-state index contributed by atoms with van der Waals surface area (Å²) >= 11 is 0. The number of anilines is 2. The zero-order valence-corrected chi connectivity index (χ0v) is 16.6. The van der Waals surface area contributed by atoms with Crippen molar-refractivity contribution >= 4 is 17.3 Å². The molecule has 0 saturated carbocycles. The van der Waals surface area contributed by atoms with Crippen LogP contribution in [0, 0.1) is 5.82 Å². The molecule has 152 valence electrons. The summed E-state index contributed by atoms with van der Waals surface area (Å²) in [6.45, 7) is 0. The van der Waals surface area contributed by atoms with Gasteiger partial charge in [-0.2, -0.15) is 0 Å². The number of fused-ring (bicyclic) bond motifs is 1. The van der Waals surface area contributed by atoms with Crippen LogP contribution in [0.5, 0.6) is 0 Å². The number of rotatable bonds is 4. The van der Waals surface area contributed by atoms with E-state index in [4.69, 9.17) is 0 Å². The minimum Gasteiger partial charge on any atom is -0.322 e. The lowest BCUT2D eigenvalue weighted by atomic mass is 9.98. The van der Waals surface area contributed by atoms with E-state index in [0.29, 0.717) is 11.3 Å². The zero-order valence-electron chi connectivity index (χ0n) is 16.6. The second-order valence-corrected chi connectivity index (χ2v) is 7.45. The molecule has 0 spiro atoms. The number of hydrazine groups is 1. The lowest BCUT2D eigenvalue weighted by Gasteiger charge is -2.13. The Morgan fingerprint density at radius 2 is 1.52 bits per heavy atom. The van der Waals surface area contributed by atoms with Crippen LogP contribution in [0.25, 0.3) is 11.1 Å². The molecule has 4 aromatic rings. The smallest absolute Gasteiger partial charge is 0.255 e. The van der Waals surface area contributed by atoms with Crippen molar-refractivity contribution in [3.63, 3.8) is 0 Å². The molecule has 5 heteroatoms. The molecule has 1 aliphatic heterocycles. The molecule has 1 heterocycles. The molecule has 0 radical (unpaired) electrons. The second-order valence-electron chi connectivity index (χ2n) is 7.45. The average molecular weight is 409 g/mol. The molecule has 31 heavy (non-hydrogen) atoms. The highest BCUT2D eigenvalue weighted by Gasteiger charge is 2.24. The molecule has 0 saturated heterocycles. The van der Waals surface area contributed by atoms with Crippen molar-refractivity contribution in [1.82, 2.24) is 5.43 Å². The highest BCUT2D eigenvalue weighted by Crippen LogP contribution is 2.35. The number of benzene rings is 4. The summed E-state index contributed by atoms with van der Waals surface area (Å²) in [5.74, 6) is -0.439. The minimum atomic E-state index is -0.269. The van der Waals surface area contributed by atoms with Gasteiger partial charge in [-0.1, -0.05) is 54.6 Å². The topological polar surface area (TPSA) is 53.2 Å². The van der Waals surface area contributed by atoms with E-state index in [1.165, 1.54) is 12.1 Å². The molecule has 0 bridgehead atoms. The van der Waals surface area contributed by atoms with Crippen LogP contribution in [0.3, 0.4) is 0 Å². The Morgan fingerprint density at radius 3 is 2.26 bits per heavy atom. The first-order valence-corrected chi connectivity index (χ1v) is 10.1. The number of carbonyl (C=O) groups excluding carboxylic acids is 1. The highest BCUT2D eigenvalue weighted by molar-refractivity contribution is 6.04. The van der Waals surface area contributed by atoms with E-state index in [0.717, 1.165) is 27.9 Å². The van der Waals surface area contributed by atoms with Crippen LogP contribution in [0.2, 0.25) is 0 Å². The number of amides is 1. The highest BCUT2D eigenvalue weighted by atomic mass is 19.1. The third-order valence-electron chi connectivity index (χ3n) is 5.43. The molecule has 1 amide bonds. The number of hydrogen-bond acceptors (Lipinski definition) is 3. The summed E-state index contributed by atoms with van der Waals surface area (Å²) in [5, 5.41) is 2.97. The van der Waals surface area contributed by atoms with Gasteiger partial charge in [-0.05, 0) is 59.2 Å². The third-order valence-corrected chi connectivity index (χ3v) is 5.43. The predicted molar refractivity (Wildman–Crippen MR) is 121 cm³/mol. The van der Waals surface area contributed by atoms with Gasteiger partial charge in [0.15, 0.2) is 0 Å². The van der Waals surface area contributed by atoms with E-state index < -0.39 is 0 Å². The van der Waals surface area contributed by atoms with Crippen LogP contribution < -0.4 is 16.2 Å². The van der Waals surface area contributed by atoms with Gasteiger partial charge in [-0.25, -0.2) is 9.82 Å².